The van der Waals surface area contributed by atoms with E-state index >= 15 is 0 Å². The number of carbonyl (C=O) groups excluding carboxylic acids is 2. The van der Waals surface area contributed by atoms with Crippen LogP contribution in [0.2, 0.25) is 10.0 Å². The summed E-state index contributed by atoms with van der Waals surface area (Å²) in [4.78, 5) is 26.7. The second kappa shape index (κ2) is 10.3. The molecule has 1 aliphatic heterocycles. The average Bonchev–Trinajstić information content (AvgIpc) is 3.06. The first-order valence-electron chi connectivity index (χ1n) is 9.96. The van der Waals surface area contributed by atoms with Crippen molar-refractivity contribution in [1.29, 1.82) is 0 Å². The van der Waals surface area contributed by atoms with E-state index in [1.165, 1.54) is 4.90 Å². The molecule has 0 atom stereocenters. The van der Waals surface area contributed by atoms with Crippen LogP contribution in [0.25, 0.3) is 6.08 Å². The number of carbonyl (C=O) groups is 2. The maximum atomic E-state index is 12.7. The first-order valence-corrected chi connectivity index (χ1v) is 11.5. The minimum Gasteiger partial charge on any atom is -0.487 e. The molecule has 0 unspecified atom stereocenters. The molecule has 0 aliphatic carbocycles. The number of ether oxygens (including phenoxy) is 1. The van der Waals surface area contributed by atoms with Crippen molar-refractivity contribution >= 4 is 52.2 Å². The number of hydrogen-bond donors (Lipinski definition) is 0. The Labute approximate surface area is 200 Å². The highest BCUT2D eigenvalue weighted by atomic mass is 35.5. The van der Waals surface area contributed by atoms with E-state index < -0.39 is 0 Å². The van der Waals surface area contributed by atoms with Crippen molar-refractivity contribution in [3.8, 4) is 5.75 Å². The van der Waals surface area contributed by atoms with Crippen LogP contribution in [0.5, 0.6) is 5.75 Å². The number of halogens is 2. The van der Waals surface area contributed by atoms with E-state index in [9.17, 15) is 9.59 Å². The van der Waals surface area contributed by atoms with E-state index in [2.05, 4.69) is 0 Å². The molecule has 1 aliphatic rings. The Hall–Kier alpha value is -2.73. The third-order valence-electron chi connectivity index (χ3n) is 4.90. The van der Waals surface area contributed by atoms with Gasteiger partial charge in [0.05, 0.1) is 9.93 Å². The Morgan fingerprint density at radius 1 is 0.906 bits per heavy atom. The van der Waals surface area contributed by atoms with Gasteiger partial charge in [0.2, 0.25) is 0 Å². The fraction of sp³-hybridized carbons (Fsp3) is 0.120. The van der Waals surface area contributed by atoms with E-state index in [1.54, 1.807) is 36.4 Å². The molecule has 1 heterocycles. The number of amides is 2. The number of imide groups is 1. The minimum atomic E-state index is -0.282. The lowest BCUT2D eigenvalue weighted by atomic mass is 10.1. The Morgan fingerprint density at radius 2 is 1.66 bits per heavy atom. The summed E-state index contributed by atoms with van der Waals surface area (Å²) in [5, 5.41) is 0.836. The summed E-state index contributed by atoms with van der Waals surface area (Å²) in [6.07, 6.45) is 2.31. The molecule has 162 valence electrons. The smallest absolute Gasteiger partial charge is 0.293 e. The molecule has 7 heteroatoms. The Balaban J connectivity index is 1.40. The van der Waals surface area contributed by atoms with Crippen LogP contribution in [0.4, 0.5) is 4.79 Å². The zero-order chi connectivity index (χ0) is 22.5. The van der Waals surface area contributed by atoms with Crippen molar-refractivity contribution in [2.45, 2.75) is 13.0 Å². The molecule has 3 aromatic carbocycles. The molecule has 32 heavy (non-hydrogen) atoms. The molecular formula is C25H19Cl2NO3S. The molecule has 0 N–H and O–H groups in total. The summed E-state index contributed by atoms with van der Waals surface area (Å²) >= 11 is 13.2. The number of nitrogens with zero attached hydrogens (tertiary/aromatic N) is 1. The highest BCUT2D eigenvalue weighted by Crippen LogP contribution is 2.34. The van der Waals surface area contributed by atoms with Gasteiger partial charge in [0.25, 0.3) is 11.1 Å². The fourth-order valence-corrected chi connectivity index (χ4v) is 4.43. The standard InChI is InChI=1S/C25H19Cl2NO3S/c26-20-9-6-18(7-10-20)16-31-22-11-8-19(14-21(22)27)15-23-24(29)28(25(30)32-23)13-12-17-4-2-1-3-5-17/h1-11,14-15H,12-13,16H2/b23-15-. The van der Waals surface area contributed by atoms with Gasteiger partial charge in [0, 0.05) is 11.6 Å². The molecular weight excluding hydrogens is 465 g/mol. The summed E-state index contributed by atoms with van der Waals surface area (Å²) in [5.74, 6) is 0.254. The van der Waals surface area contributed by atoms with E-state index in [0.717, 1.165) is 28.5 Å². The third kappa shape index (κ3) is 5.54. The Morgan fingerprint density at radius 3 is 2.38 bits per heavy atom. The number of thioether (sulfide) groups is 1. The lowest BCUT2D eigenvalue weighted by Gasteiger charge is -2.12. The first-order chi connectivity index (χ1) is 15.5. The van der Waals surface area contributed by atoms with Gasteiger partial charge < -0.3 is 4.74 Å². The van der Waals surface area contributed by atoms with Crippen molar-refractivity contribution in [3.63, 3.8) is 0 Å². The molecule has 0 aromatic heterocycles. The summed E-state index contributed by atoms with van der Waals surface area (Å²) in [5.41, 5.74) is 2.78. The van der Waals surface area contributed by atoms with Gasteiger partial charge >= 0.3 is 0 Å². The van der Waals surface area contributed by atoms with Crippen LogP contribution >= 0.6 is 35.0 Å². The van der Waals surface area contributed by atoms with E-state index in [4.69, 9.17) is 27.9 Å². The monoisotopic (exact) mass is 483 g/mol. The van der Waals surface area contributed by atoms with Crippen LogP contribution in [0, 0.1) is 0 Å². The zero-order valence-electron chi connectivity index (χ0n) is 17.0. The summed E-state index contributed by atoms with van der Waals surface area (Å²) in [7, 11) is 0. The molecule has 4 rings (SSSR count). The number of hydrogen-bond acceptors (Lipinski definition) is 4. The number of benzene rings is 3. The zero-order valence-corrected chi connectivity index (χ0v) is 19.3. The van der Waals surface area contributed by atoms with Gasteiger partial charge in [-0.05, 0) is 65.2 Å². The molecule has 1 saturated heterocycles. The van der Waals surface area contributed by atoms with Crippen molar-refractivity contribution in [2.75, 3.05) is 6.54 Å². The predicted molar refractivity (Wildman–Crippen MR) is 130 cm³/mol. The first kappa shape index (κ1) is 22.5. The highest BCUT2D eigenvalue weighted by Gasteiger charge is 2.34. The predicted octanol–water partition coefficient (Wildman–Crippen LogP) is 6.85. The minimum absolute atomic E-state index is 0.258. The van der Waals surface area contributed by atoms with Gasteiger partial charge in [-0.3, -0.25) is 14.5 Å². The molecule has 0 radical (unpaired) electrons. The lowest BCUT2D eigenvalue weighted by Crippen LogP contribution is -2.30. The maximum absolute atomic E-state index is 12.7. The van der Waals surface area contributed by atoms with Crippen LogP contribution in [-0.2, 0) is 17.8 Å². The molecule has 0 saturated carbocycles. The molecule has 3 aromatic rings. The fourth-order valence-electron chi connectivity index (χ4n) is 3.20. The van der Waals surface area contributed by atoms with Gasteiger partial charge in [0.15, 0.2) is 0 Å². The van der Waals surface area contributed by atoms with Crippen LogP contribution in [0.15, 0.2) is 77.7 Å². The van der Waals surface area contributed by atoms with Crippen molar-refractivity contribution < 1.29 is 14.3 Å². The van der Waals surface area contributed by atoms with Crippen molar-refractivity contribution in [3.05, 3.63) is 104 Å². The molecule has 2 amide bonds. The highest BCUT2D eigenvalue weighted by molar-refractivity contribution is 8.18. The largest absolute Gasteiger partial charge is 0.487 e. The number of rotatable bonds is 7. The van der Waals surface area contributed by atoms with E-state index in [0.29, 0.717) is 40.3 Å². The van der Waals surface area contributed by atoms with Crippen LogP contribution < -0.4 is 4.74 Å². The molecule has 0 bridgehead atoms. The molecule has 4 nitrogen and oxygen atoms in total. The van der Waals surface area contributed by atoms with E-state index in [-0.39, 0.29) is 11.1 Å². The second-order valence-electron chi connectivity index (χ2n) is 7.17. The van der Waals surface area contributed by atoms with Crippen molar-refractivity contribution in [2.24, 2.45) is 0 Å². The summed E-state index contributed by atoms with van der Waals surface area (Å²) in [6, 6.07) is 22.4. The summed E-state index contributed by atoms with van der Waals surface area (Å²) in [6.45, 7) is 0.709. The van der Waals surface area contributed by atoms with Crippen LogP contribution in [0.1, 0.15) is 16.7 Å². The average molecular weight is 484 g/mol. The lowest BCUT2D eigenvalue weighted by molar-refractivity contribution is -0.122. The Bertz CT molecular complexity index is 1160. The SMILES string of the molecule is O=C1S/C(=C\c2ccc(OCc3ccc(Cl)cc3)c(Cl)c2)C(=O)N1CCc1ccccc1. The summed E-state index contributed by atoms with van der Waals surface area (Å²) < 4.78 is 5.79. The van der Waals surface area contributed by atoms with Gasteiger partial charge in [-0.1, -0.05) is 71.7 Å². The Kier molecular flexibility index (Phi) is 7.20. The van der Waals surface area contributed by atoms with Crippen LogP contribution in [-0.4, -0.2) is 22.6 Å². The van der Waals surface area contributed by atoms with E-state index in [1.807, 2.05) is 42.5 Å². The van der Waals surface area contributed by atoms with Gasteiger partial charge in [0.1, 0.15) is 12.4 Å². The normalized spacial score (nSPS) is 14.9. The maximum Gasteiger partial charge on any atom is 0.293 e. The molecule has 0 spiro atoms. The van der Waals surface area contributed by atoms with Crippen molar-refractivity contribution in [1.82, 2.24) is 4.90 Å². The van der Waals surface area contributed by atoms with Gasteiger partial charge in [-0.15, -0.1) is 0 Å². The molecule has 1 fully saturated rings. The second-order valence-corrected chi connectivity index (χ2v) is 9.01. The quantitative estimate of drug-likeness (QED) is 0.344. The topological polar surface area (TPSA) is 46.6 Å². The van der Waals surface area contributed by atoms with Crippen LogP contribution in [0.3, 0.4) is 0 Å². The third-order valence-corrected chi connectivity index (χ3v) is 6.36. The van der Waals surface area contributed by atoms with Gasteiger partial charge in [-0.2, -0.15) is 0 Å². The van der Waals surface area contributed by atoms with Gasteiger partial charge in [-0.25, -0.2) is 0 Å².